The molecule has 3 amide bonds. The van der Waals surface area contributed by atoms with Crippen LogP contribution in [0.15, 0.2) is 23.8 Å². The highest BCUT2D eigenvalue weighted by Gasteiger charge is 2.33. The van der Waals surface area contributed by atoms with E-state index in [1.54, 1.807) is 0 Å². The van der Waals surface area contributed by atoms with Crippen LogP contribution in [0.1, 0.15) is 19.3 Å². The van der Waals surface area contributed by atoms with Crippen molar-refractivity contribution in [1.29, 1.82) is 0 Å². The van der Waals surface area contributed by atoms with Gasteiger partial charge < -0.3 is 5.32 Å². The van der Waals surface area contributed by atoms with Gasteiger partial charge in [0.15, 0.2) is 0 Å². The minimum atomic E-state index is -0.518. The average Bonchev–Trinajstić information content (AvgIpc) is 2.46. The predicted octanol–water partition coefficient (Wildman–Crippen LogP) is 0.861. The summed E-state index contributed by atoms with van der Waals surface area (Å²) >= 11 is 0. The van der Waals surface area contributed by atoms with Crippen molar-refractivity contribution in [3.8, 4) is 0 Å². The molecule has 0 spiro atoms. The lowest BCUT2D eigenvalue weighted by Crippen LogP contribution is -2.32. The third-order valence-electron chi connectivity index (χ3n) is 2.54. The van der Waals surface area contributed by atoms with E-state index in [0.29, 0.717) is 0 Å². The van der Waals surface area contributed by atoms with Gasteiger partial charge in [0.1, 0.15) is 6.04 Å². The zero-order chi connectivity index (χ0) is 10.1. The maximum absolute atomic E-state index is 11.4. The summed E-state index contributed by atoms with van der Waals surface area (Å²) in [6, 6.07) is -0.936. The van der Waals surface area contributed by atoms with Gasteiger partial charge in [-0.25, -0.2) is 4.79 Å². The van der Waals surface area contributed by atoms with E-state index in [0.717, 1.165) is 30.4 Å². The largest absolute Gasteiger partial charge is 0.322 e. The topological polar surface area (TPSA) is 58.2 Å². The van der Waals surface area contributed by atoms with E-state index < -0.39 is 12.1 Å². The fourth-order valence-corrected chi connectivity index (χ4v) is 1.82. The summed E-state index contributed by atoms with van der Waals surface area (Å²) in [5.41, 5.74) is 1.83. The highest BCUT2D eigenvalue weighted by molar-refractivity contribution is 6.06. The van der Waals surface area contributed by atoms with Crippen LogP contribution in [-0.4, -0.2) is 18.0 Å². The molecule has 1 aliphatic carbocycles. The smallest absolute Gasteiger partial charge is 0.322 e. The van der Waals surface area contributed by atoms with Gasteiger partial charge in [0.2, 0.25) is 0 Å². The zero-order valence-corrected chi connectivity index (χ0v) is 7.80. The average molecular weight is 192 g/mol. The van der Waals surface area contributed by atoms with E-state index in [1.807, 2.05) is 6.08 Å². The molecule has 1 saturated heterocycles. The van der Waals surface area contributed by atoms with Crippen molar-refractivity contribution in [1.82, 2.24) is 10.6 Å². The fourth-order valence-electron chi connectivity index (χ4n) is 1.82. The number of carbonyl (C=O) groups excluding carboxylic acids is 2. The van der Waals surface area contributed by atoms with Crippen LogP contribution in [0.25, 0.3) is 0 Å². The molecule has 1 unspecified atom stereocenters. The van der Waals surface area contributed by atoms with Crippen LogP contribution in [0, 0.1) is 0 Å². The minimum absolute atomic E-state index is 0.274. The van der Waals surface area contributed by atoms with Crippen molar-refractivity contribution >= 4 is 11.9 Å². The van der Waals surface area contributed by atoms with Crippen LogP contribution in [-0.2, 0) is 4.79 Å². The normalized spacial score (nSPS) is 27.0. The SMILES string of the molecule is C=C1CCCC=C1C1NC(=O)NC1=O. The van der Waals surface area contributed by atoms with Gasteiger partial charge in [-0.15, -0.1) is 0 Å². The summed E-state index contributed by atoms with van der Waals surface area (Å²) in [6.45, 7) is 3.90. The van der Waals surface area contributed by atoms with Crippen molar-refractivity contribution < 1.29 is 9.59 Å². The molecule has 1 fully saturated rings. The fraction of sp³-hybridized carbons (Fsp3) is 0.400. The first kappa shape index (κ1) is 8.99. The Morgan fingerprint density at radius 1 is 1.43 bits per heavy atom. The molecular weight excluding hydrogens is 180 g/mol. The maximum Gasteiger partial charge on any atom is 0.322 e. The highest BCUT2D eigenvalue weighted by Crippen LogP contribution is 2.25. The molecule has 4 heteroatoms. The second-order valence-electron chi connectivity index (χ2n) is 3.55. The van der Waals surface area contributed by atoms with E-state index in [-0.39, 0.29) is 5.91 Å². The van der Waals surface area contributed by atoms with E-state index in [1.165, 1.54) is 0 Å². The Labute approximate surface area is 82.1 Å². The zero-order valence-electron chi connectivity index (χ0n) is 7.80. The van der Waals surface area contributed by atoms with Crippen LogP contribution in [0.2, 0.25) is 0 Å². The Balaban J connectivity index is 2.22. The molecule has 1 aliphatic heterocycles. The number of imide groups is 1. The molecule has 0 bridgehead atoms. The quantitative estimate of drug-likeness (QED) is 0.605. The lowest BCUT2D eigenvalue weighted by Gasteiger charge is -2.19. The first-order chi connectivity index (χ1) is 6.68. The number of urea groups is 1. The lowest BCUT2D eigenvalue weighted by atomic mass is 9.90. The Kier molecular flexibility index (Phi) is 2.11. The monoisotopic (exact) mass is 192 g/mol. The van der Waals surface area contributed by atoms with Crippen molar-refractivity contribution in [2.24, 2.45) is 0 Å². The molecule has 0 aromatic rings. The first-order valence-electron chi connectivity index (χ1n) is 4.68. The Morgan fingerprint density at radius 2 is 2.21 bits per heavy atom. The molecule has 4 nitrogen and oxygen atoms in total. The minimum Gasteiger partial charge on any atom is -0.322 e. The van der Waals surface area contributed by atoms with E-state index in [4.69, 9.17) is 0 Å². The number of amides is 3. The first-order valence-corrected chi connectivity index (χ1v) is 4.68. The van der Waals surface area contributed by atoms with E-state index in [9.17, 15) is 9.59 Å². The summed E-state index contributed by atoms with van der Waals surface area (Å²) in [5.74, 6) is -0.274. The summed E-state index contributed by atoms with van der Waals surface area (Å²) in [6.07, 6.45) is 4.92. The Bertz CT molecular complexity index is 344. The maximum atomic E-state index is 11.4. The molecule has 1 heterocycles. The van der Waals surface area contributed by atoms with Crippen LogP contribution < -0.4 is 10.6 Å². The predicted molar refractivity (Wildman–Crippen MR) is 51.5 cm³/mol. The molecule has 1 atom stereocenters. The van der Waals surface area contributed by atoms with Crippen molar-refractivity contribution in [3.63, 3.8) is 0 Å². The summed E-state index contributed by atoms with van der Waals surface area (Å²) in [4.78, 5) is 22.3. The molecule has 0 radical (unpaired) electrons. The van der Waals surface area contributed by atoms with E-state index >= 15 is 0 Å². The van der Waals surface area contributed by atoms with Gasteiger partial charge in [0, 0.05) is 0 Å². The Hall–Kier alpha value is -1.58. The summed E-state index contributed by atoms with van der Waals surface area (Å²) < 4.78 is 0. The van der Waals surface area contributed by atoms with Gasteiger partial charge in [-0.3, -0.25) is 10.1 Å². The van der Waals surface area contributed by atoms with Gasteiger partial charge in [0.25, 0.3) is 5.91 Å². The van der Waals surface area contributed by atoms with Crippen LogP contribution >= 0.6 is 0 Å². The molecule has 2 rings (SSSR count). The molecule has 2 aliphatic rings. The number of nitrogens with one attached hydrogen (secondary N) is 2. The van der Waals surface area contributed by atoms with Gasteiger partial charge >= 0.3 is 6.03 Å². The number of hydrogen-bond acceptors (Lipinski definition) is 2. The molecule has 0 saturated carbocycles. The van der Waals surface area contributed by atoms with Crippen molar-refractivity contribution in [3.05, 3.63) is 23.8 Å². The molecule has 0 aromatic carbocycles. The highest BCUT2D eigenvalue weighted by atomic mass is 16.2. The summed E-state index contributed by atoms with van der Waals surface area (Å²) in [7, 11) is 0. The van der Waals surface area contributed by atoms with Gasteiger partial charge in [-0.05, 0) is 30.4 Å². The third-order valence-corrected chi connectivity index (χ3v) is 2.54. The van der Waals surface area contributed by atoms with Gasteiger partial charge in [-0.2, -0.15) is 0 Å². The van der Waals surface area contributed by atoms with Crippen molar-refractivity contribution in [2.45, 2.75) is 25.3 Å². The van der Waals surface area contributed by atoms with Crippen LogP contribution in [0.5, 0.6) is 0 Å². The molecule has 14 heavy (non-hydrogen) atoms. The lowest BCUT2D eigenvalue weighted by molar-refractivity contribution is -0.119. The second kappa shape index (κ2) is 3.29. The van der Waals surface area contributed by atoms with Gasteiger partial charge in [0.05, 0.1) is 0 Å². The molecule has 2 N–H and O–H groups in total. The Morgan fingerprint density at radius 3 is 2.79 bits per heavy atom. The van der Waals surface area contributed by atoms with Gasteiger partial charge in [-0.1, -0.05) is 12.7 Å². The van der Waals surface area contributed by atoms with E-state index in [2.05, 4.69) is 17.2 Å². The van der Waals surface area contributed by atoms with Crippen LogP contribution in [0.3, 0.4) is 0 Å². The molecule has 0 aromatic heterocycles. The third kappa shape index (κ3) is 1.43. The summed E-state index contributed by atoms with van der Waals surface area (Å²) in [5, 5.41) is 4.79. The number of carbonyl (C=O) groups is 2. The van der Waals surface area contributed by atoms with Crippen molar-refractivity contribution in [2.75, 3.05) is 0 Å². The number of hydrogen-bond donors (Lipinski definition) is 2. The standard InChI is InChI=1S/C10H12N2O2/c1-6-4-2-3-5-7(6)8-9(13)12-10(14)11-8/h5,8H,1-4H2,(H2,11,12,13,14). The molecule has 74 valence electrons. The van der Waals surface area contributed by atoms with Crippen LogP contribution in [0.4, 0.5) is 4.79 Å². The molecular formula is C10H12N2O2. The number of rotatable bonds is 1. The second-order valence-corrected chi connectivity index (χ2v) is 3.55. The number of allylic oxidation sites excluding steroid dienone is 1.